The molecule has 1 aromatic rings. The summed E-state index contributed by atoms with van der Waals surface area (Å²) in [5.41, 5.74) is 0.0742. The van der Waals surface area contributed by atoms with Crippen molar-refractivity contribution in [3.63, 3.8) is 0 Å². The second-order valence-corrected chi connectivity index (χ2v) is 4.46. The third-order valence-corrected chi connectivity index (χ3v) is 3.22. The minimum Gasteiger partial charge on any atom is -0.379 e. The summed E-state index contributed by atoms with van der Waals surface area (Å²) in [4.78, 5) is 12.1. The number of benzene rings is 1. The Morgan fingerprint density at radius 2 is 2.29 bits per heavy atom. The Bertz CT molecular complexity index is 439. The third-order valence-electron chi connectivity index (χ3n) is 2.98. The summed E-state index contributed by atoms with van der Waals surface area (Å²) >= 11 is 5.65. The molecule has 1 saturated heterocycles. The zero-order valence-electron chi connectivity index (χ0n) is 9.37. The van der Waals surface area contributed by atoms with E-state index in [1.54, 1.807) is 7.05 Å². The molecule has 0 amide bonds. The van der Waals surface area contributed by atoms with Crippen molar-refractivity contribution in [2.24, 2.45) is 5.92 Å². The Balaban J connectivity index is 2.24. The largest absolute Gasteiger partial charge is 0.379 e. The van der Waals surface area contributed by atoms with Crippen LogP contribution in [0.1, 0.15) is 10.4 Å². The van der Waals surface area contributed by atoms with Gasteiger partial charge in [-0.3, -0.25) is 4.79 Å². The van der Waals surface area contributed by atoms with Crippen LogP contribution in [0.4, 0.5) is 4.39 Å². The lowest BCUT2D eigenvalue weighted by Gasteiger charge is -2.15. The highest BCUT2D eigenvalue weighted by Gasteiger charge is 2.34. The second-order valence-electron chi connectivity index (χ2n) is 4.03. The number of halogens is 2. The molecular formula is C12H13ClFNO2. The zero-order valence-corrected chi connectivity index (χ0v) is 10.1. The summed E-state index contributed by atoms with van der Waals surface area (Å²) in [5.74, 6) is -1.16. The van der Waals surface area contributed by atoms with Gasteiger partial charge in [0.15, 0.2) is 5.78 Å². The molecule has 2 rings (SSSR count). The predicted octanol–water partition coefficient (Wildman–Crippen LogP) is 1.90. The van der Waals surface area contributed by atoms with Crippen molar-refractivity contribution in [3.8, 4) is 0 Å². The maximum absolute atomic E-state index is 13.6. The van der Waals surface area contributed by atoms with Crippen molar-refractivity contribution in [1.82, 2.24) is 5.32 Å². The van der Waals surface area contributed by atoms with Gasteiger partial charge in [0.25, 0.3) is 0 Å². The summed E-state index contributed by atoms with van der Waals surface area (Å²) in [6.45, 7) is 0.800. The number of hydrogen-bond donors (Lipinski definition) is 1. The monoisotopic (exact) mass is 257 g/mol. The summed E-state index contributed by atoms with van der Waals surface area (Å²) in [5, 5.41) is 3.29. The number of ether oxygens (including phenoxy) is 1. The molecule has 5 heteroatoms. The Morgan fingerprint density at radius 1 is 1.53 bits per heavy atom. The molecule has 1 aliphatic rings. The van der Waals surface area contributed by atoms with Crippen LogP contribution in [-0.2, 0) is 4.74 Å². The highest BCUT2D eigenvalue weighted by Crippen LogP contribution is 2.22. The lowest BCUT2D eigenvalue weighted by Crippen LogP contribution is -2.37. The van der Waals surface area contributed by atoms with Crippen molar-refractivity contribution in [3.05, 3.63) is 34.6 Å². The molecule has 0 aliphatic carbocycles. The predicted molar refractivity (Wildman–Crippen MR) is 62.9 cm³/mol. The van der Waals surface area contributed by atoms with Gasteiger partial charge in [-0.1, -0.05) is 11.6 Å². The van der Waals surface area contributed by atoms with Crippen molar-refractivity contribution < 1.29 is 13.9 Å². The Morgan fingerprint density at radius 3 is 2.94 bits per heavy atom. The first-order valence-electron chi connectivity index (χ1n) is 5.37. The molecule has 0 radical (unpaired) electrons. The molecule has 0 saturated carbocycles. The van der Waals surface area contributed by atoms with Crippen LogP contribution in [0.25, 0.3) is 0 Å². The van der Waals surface area contributed by atoms with Gasteiger partial charge in [0.1, 0.15) is 5.82 Å². The van der Waals surface area contributed by atoms with Crippen LogP contribution in [0.3, 0.4) is 0 Å². The molecule has 0 bridgehead atoms. The Hall–Kier alpha value is -0.970. The van der Waals surface area contributed by atoms with Gasteiger partial charge in [-0.15, -0.1) is 0 Å². The van der Waals surface area contributed by atoms with Crippen LogP contribution in [0.5, 0.6) is 0 Å². The van der Waals surface area contributed by atoms with Gasteiger partial charge in [-0.05, 0) is 25.2 Å². The summed E-state index contributed by atoms with van der Waals surface area (Å²) in [7, 11) is 1.76. The lowest BCUT2D eigenvalue weighted by atomic mass is 9.93. The SMILES string of the molecule is CNC1COCC1C(=O)c1ccc(Cl)cc1F. The van der Waals surface area contributed by atoms with E-state index in [9.17, 15) is 9.18 Å². The molecule has 1 heterocycles. The van der Waals surface area contributed by atoms with Gasteiger partial charge in [-0.25, -0.2) is 4.39 Å². The van der Waals surface area contributed by atoms with Crippen molar-refractivity contribution >= 4 is 17.4 Å². The van der Waals surface area contributed by atoms with Crippen molar-refractivity contribution in [2.75, 3.05) is 20.3 Å². The smallest absolute Gasteiger partial charge is 0.172 e. The quantitative estimate of drug-likeness (QED) is 0.841. The van der Waals surface area contributed by atoms with E-state index < -0.39 is 5.82 Å². The van der Waals surface area contributed by atoms with Crippen LogP contribution in [-0.4, -0.2) is 32.1 Å². The number of rotatable bonds is 3. The number of likely N-dealkylation sites (N-methyl/N-ethyl adjacent to an activating group) is 1. The van der Waals surface area contributed by atoms with E-state index in [2.05, 4.69) is 5.32 Å². The number of Topliss-reactive ketones (excluding diaryl/α,β-unsaturated/α-hetero) is 1. The third kappa shape index (κ3) is 2.49. The number of carbonyl (C=O) groups is 1. The minimum atomic E-state index is -0.579. The van der Waals surface area contributed by atoms with Crippen LogP contribution >= 0.6 is 11.6 Å². The molecule has 1 fully saturated rings. The Kier molecular flexibility index (Phi) is 3.76. The normalized spacial score (nSPS) is 23.9. The fraction of sp³-hybridized carbons (Fsp3) is 0.417. The van der Waals surface area contributed by atoms with Gasteiger partial charge in [0.05, 0.1) is 24.7 Å². The topological polar surface area (TPSA) is 38.3 Å². The zero-order chi connectivity index (χ0) is 12.4. The maximum Gasteiger partial charge on any atom is 0.172 e. The van der Waals surface area contributed by atoms with E-state index in [-0.39, 0.29) is 28.3 Å². The van der Waals surface area contributed by atoms with E-state index >= 15 is 0 Å². The number of hydrogen-bond acceptors (Lipinski definition) is 3. The van der Waals surface area contributed by atoms with E-state index in [1.807, 2.05) is 0 Å². The maximum atomic E-state index is 13.6. The molecule has 0 spiro atoms. The minimum absolute atomic E-state index is 0.0578. The average molecular weight is 258 g/mol. The standard InChI is InChI=1S/C12H13ClFNO2/c1-15-11-6-17-5-9(11)12(16)8-3-2-7(13)4-10(8)14/h2-4,9,11,15H,5-6H2,1H3. The van der Waals surface area contributed by atoms with Gasteiger partial charge >= 0.3 is 0 Å². The molecule has 3 nitrogen and oxygen atoms in total. The van der Waals surface area contributed by atoms with E-state index in [4.69, 9.17) is 16.3 Å². The number of nitrogens with one attached hydrogen (secondary N) is 1. The van der Waals surface area contributed by atoms with Crippen molar-refractivity contribution in [2.45, 2.75) is 6.04 Å². The van der Waals surface area contributed by atoms with Gasteiger partial charge in [0, 0.05) is 11.1 Å². The fourth-order valence-corrected chi connectivity index (χ4v) is 2.15. The van der Waals surface area contributed by atoms with E-state index in [1.165, 1.54) is 12.1 Å². The van der Waals surface area contributed by atoms with Gasteiger partial charge in [-0.2, -0.15) is 0 Å². The molecule has 1 aliphatic heterocycles. The molecular weight excluding hydrogens is 245 g/mol. The number of ketones is 1. The Labute approximate surface area is 104 Å². The van der Waals surface area contributed by atoms with Crippen LogP contribution < -0.4 is 5.32 Å². The van der Waals surface area contributed by atoms with E-state index in [0.717, 1.165) is 6.07 Å². The molecule has 1 aromatic carbocycles. The van der Waals surface area contributed by atoms with Crippen molar-refractivity contribution in [1.29, 1.82) is 0 Å². The van der Waals surface area contributed by atoms with Crippen LogP contribution in [0.15, 0.2) is 18.2 Å². The molecule has 2 atom stereocenters. The first-order chi connectivity index (χ1) is 8.13. The molecule has 1 N–H and O–H groups in total. The number of carbonyl (C=O) groups excluding carboxylic acids is 1. The molecule has 17 heavy (non-hydrogen) atoms. The van der Waals surface area contributed by atoms with Crippen LogP contribution in [0, 0.1) is 11.7 Å². The first-order valence-corrected chi connectivity index (χ1v) is 5.75. The summed E-state index contributed by atoms with van der Waals surface area (Å²) in [6.07, 6.45) is 0. The second kappa shape index (κ2) is 5.12. The van der Waals surface area contributed by atoms with Gasteiger partial charge in [0.2, 0.25) is 0 Å². The lowest BCUT2D eigenvalue weighted by molar-refractivity contribution is 0.0888. The summed E-state index contributed by atoms with van der Waals surface area (Å²) < 4.78 is 18.9. The fourth-order valence-electron chi connectivity index (χ4n) is 1.99. The van der Waals surface area contributed by atoms with Gasteiger partial charge < -0.3 is 10.1 Å². The average Bonchev–Trinajstić information content (AvgIpc) is 2.76. The van der Waals surface area contributed by atoms with E-state index in [0.29, 0.717) is 13.2 Å². The summed E-state index contributed by atoms with van der Waals surface area (Å²) in [6, 6.07) is 4.03. The molecule has 92 valence electrons. The highest BCUT2D eigenvalue weighted by molar-refractivity contribution is 6.30. The van der Waals surface area contributed by atoms with Crippen LogP contribution in [0.2, 0.25) is 5.02 Å². The molecule has 0 aromatic heterocycles. The highest BCUT2D eigenvalue weighted by atomic mass is 35.5. The molecule has 2 unspecified atom stereocenters. The first kappa shape index (κ1) is 12.5.